The highest BCUT2D eigenvalue weighted by atomic mass is 19.1. The fraction of sp³-hybridized carbons (Fsp3) is 0.125. The molecule has 1 heterocycles. The second kappa shape index (κ2) is 8.10. The lowest BCUT2D eigenvalue weighted by atomic mass is 10.1. The van der Waals surface area contributed by atoms with Crippen LogP contribution < -0.4 is 11.2 Å². The molecule has 0 radical (unpaired) electrons. The number of hydrogen-bond donors (Lipinski definition) is 0. The van der Waals surface area contributed by atoms with Crippen LogP contribution in [0.5, 0.6) is 0 Å². The molecular weight excluding hydrogens is 402 g/mol. The second-order valence-electron chi connectivity index (χ2n) is 7.10. The van der Waals surface area contributed by atoms with Gasteiger partial charge >= 0.3 is 5.69 Å². The summed E-state index contributed by atoms with van der Waals surface area (Å²) >= 11 is 0. The Morgan fingerprint density at radius 3 is 2.32 bits per heavy atom. The van der Waals surface area contributed by atoms with Gasteiger partial charge in [-0.05, 0) is 35.9 Å². The zero-order valence-corrected chi connectivity index (χ0v) is 16.6. The molecule has 4 rings (SSSR count). The molecule has 0 unspecified atom stereocenters. The van der Waals surface area contributed by atoms with Gasteiger partial charge in [-0.25, -0.2) is 18.1 Å². The van der Waals surface area contributed by atoms with Gasteiger partial charge in [0.05, 0.1) is 23.1 Å². The van der Waals surface area contributed by atoms with E-state index in [1.54, 1.807) is 31.2 Å². The number of ketones is 1. The normalized spacial score (nSPS) is 11.1. The Balaban J connectivity index is 1.95. The van der Waals surface area contributed by atoms with E-state index in [-0.39, 0.29) is 28.9 Å². The lowest BCUT2D eigenvalue weighted by molar-refractivity contribution is 0.0988. The highest BCUT2D eigenvalue weighted by Gasteiger charge is 2.17. The van der Waals surface area contributed by atoms with Crippen molar-refractivity contribution in [2.75, 3.05) is 0 Å². The van der Waals surface area contributed by atoms with E-state index in [0.717, 1.165) is 22.8 Å². The summed E-state index contributed by atoms with van der Waals surface area (Å²) in [6, 6.07) is 15.7. The first-order chi connectivity index (χ1) is 14.9. The highest BCUT2D eigenvalue weighted by Crippen LogP contribution is 2.16. The Morgan fingerprint density at radius 2 is 1.65 bits per heavy atom. The molecule has 0 N–H and O–H groups in total. The van der Waals surface area contributed by atoms with Gasteiger partial charge in [-0.2, -0.15) is 0 Å². The molecule has 0 aliphatic rings. The number of para-hydroxylation sites is 1. The highest BCUT2D eigenvalue weighted by molar-refractivity contribution is 5.95. The van der Waals surface area contributed by atoms with Crippen molar-refractivity contribution in [1.82, 2.24) is 9.13 Å². The number of benzene rings is 3. The van der Waals surface area contributed by atoms with E-state index in [1.807, 2.05) is 0 Å². The van der Waals surface area contributed by atoms with Crippen molar-refractivity contribution in [3.8, 4) is 5.69 Å². The first-order valence-electron chi connectivity index (χ1n) is 9.73. The van der Waals surface area contributed by atoms with Crippen molar-refractivity contribution in [3.05, 3.63) is 110 Å². The van der Waals surface area contributed by atoms with Gasteiger partial charge in [0.1, 0.15) is 11.6 Å². The zero-order chi connectivity index (χ0) is 22.1. The third kappa shape index (κ3) is 3.70. The molecule has 1 aromatic heterocycles. The fourth-order valence-corrected chi connectivity index (χ4v) is 3.52. The number of carbonyl (C=O) groups is 1. The van der Waals surface area contributed by atoms with Gasteiger partial charge in [0.15, 0.2) is 5.78 Å². The smallest absolute Gasteiger partial charge is 0.294 e. The fourth-order valence-electron chi connectivity index (χ4n) is 3.52. The molecular formula is C24H18F2N2O3. The molecule has 0 amide bonds. The van der Waals surface area contributed by atoms with Crippen LogP contribution in [-0.2, 0) is 6.54 Å². The van der Waals surface area contributed by atoms with Crippen LogP contribution in [-0.4, -0.2) is 14.9 Å². The Labute approximate surface area is 175 Å². The molecule has 0 spiro atoms. The summed E-state index contributed by atoms with van der Waals surface area (Å²) in [5.41, 5.74) is -0.380. The predicted molar refractivity (Wildman–Crippen MR) is 114 cm³/mol. The summed E-state index contributed by atoms with van der Waals surface area (Å²) in [4.78, 5) is 38.1. The van der Waals surface area contributed by atoms with E-state index in [4.69, 9.17) is 0 Å². The quantitative estimate of drug-likeness (QED) is 0.457. The number of aromatic nitrogens is 2. The van der Waals surface area contributed by atoms with E-state index in [1.165, 1.54) is 28.8 Å². The van der Waals surface area contributed by atoms with Crippen molar-refractivity contribution in [3.63, 3.8) is 0 Å². The molecule has 4 aromatic rings. The number of Topliss-reactive ketones (excluding diaryl/α,β-unsaturated/α-hetero) is 1. The average molecular weight is 420 g/mol. The lowest BCUT2D eigenvalue weighted by Gasteiger charge is -2.15. The van der Waals surface area contributed by atoms with Crippen LogP contribution in [0.25, 0.3) is 16.6 Å². The maximum atomic E-state index is 14.4. The molecule has 0 saturated heterocycles. The first kappa shape index (κ1) is 20.4. The minimum absolute atomic E-state index is 0.00805. The number of nitrogens with zero attached hydrogens (tertiary/aromatic N) is 2. The van der Waals surface area contributed by atoms with Crippen LogP contribution in [0.1, 0.15) is 29.3 Å². The van der Waals surface area contributed by atoms with E-state index in [0.29, 0.717) is 17.5 Å². The maximum Gasteiger partial charge on any atom is 0.336 e. The summed E-state index contributed by atoms with van der Waals surface area (Å²) in [7, 11) is 0. The van der Waals surface area contributed by atoms with Crippen molar-refractivity contribution in [2.45, 2.75) is 19.9 Å². The van der Waals surface area contributed by atoms with E-state index in [2.05, 4.69) is 0 Å². The topological polar surface area (TPSA) is 61.1 Å². The minimum atomic E-state index is -0.790. The summed E-state index contributed by atoms with van der Waals surface area (Å²) in [5.74, 6) is -1.34. The number of hydrogen-bond acceptors (Lipinski definition) is 3. The average Bonchev–Trinajstić information content (AvgIpc) is 2.77. The molecule has 7 heteroatoms. The third-order valence-electron chi connectivity index (χ3n) is 5.14. The molecule has 0 saturated carbocycles. The molecule has 31 heavy (non-hydrogen) atoms. The molecule has 5 nitrogen and oxygen atoms in total. The third-order valence-corrected chi connectivity index (χ3v) is 5.14. The van der Waals surface area contributed by atoms with Crippen LogP contribution >= 0.6 is 0 Å². The molecule has 3 aromatic carbocycles. The number of rotatable bonds is 5. The van der Waals surface area contributed by atoms with Crippen LogP contribution in [0.4, 0.5) is 8.78 Å². The van der Waals surface area contributed by atoms with Crippen LogP contribution in [0.15, 0.2) is 76.3 Å². The lowest BCUT2D eigenvalue weighted by Crippen LogP contribution is -2.39. The van der Waals surface area contributed by atoms with E-state index >= 15 is 0 Å². The van der Waals surface area contributed by atoms with Gasteiger partial charge in [-0.15, -0.1) is 0 Å². The predicted octanol–water partition coefficient (Wildman–Crippen LogP) is 4.07. The summed E-state index contributed by atoms with van der Waals surface area (Å²) in [6.07, 6.45) is 0.371. The number of halogens is 2. The van der Waals surface area contributed by atoms with E-state index in [9.17, 15) is 23.2 Å². The van der Waals surface area contributed by atoms with Crippen molar-refractivity contribution < 1.29 is 13.6 Å². The summed E-state index contributed by atoms with van der Waals surface area (Å²) in [6.45, 7) is 1.77. The number of fused-ring (bicyclic) bond motifs is 1. The minimum Gasteiger partial charge on any atom is -0.294 e. The summed E-state index contributed by atoms with van der Waals surface area (Å²) in [5, 5.41) is 0.0852. The van der Waals surface area contributed by atoms with E-state index < -0.39 is 22.9 Å². The monoisotopic (exact) mass is 420 g/mol. The molecule has 156 valence electrons. The standard InChI is InChI=1S/C24H18F2N2O3/c1-2-22(29)16-9-7-15(8-10-16)14-27-21-13-17(25)11-12-18(21)23(30)28(24(27)31)20-6-4-3-5-19(20)26/h3-13H,2,14H2,1H3. The van der Waals surface area contributed by atoms with Crippen LogP contribution in [0.3, 0.4) is 0 Å². The molecule has 0 bridgehead atoms. The van der Waals surface area contributed by atoms with Gasteiger partial charge in [0.2, 0.25) is 0 Å². The van der Waals surface area contributed by atoms with Gasteiger partial charge in [0, 0.05) is 12.0 Å². The zero-order valence-electron chi connectivity index (χ0n) is 16.6. The van der Waals surface area contributed by atoms with Gasteiger partial charge in [-0.3, -0.25) is 14.2 Å². The Kier molecular flexibility index (Phi) is 5.33. The maximum absolute atomic E-state index is 14.4. The van der Waals surface area contributed by atoms with Gasteiger partial charge in [0.25, 0.3) is 5.56 Å². The second-order valence-corrected chi connectivity index (χ2v) is 7.10. The van der Waals surface area contributed by atoms with Crippen molar-refractivity contribution in [1.29, 1.82) is 0 Å². The molecule has 0 atom stereocenters. The SMILES string of the molecule is CCC(=O)c1ccc(Cn2c(=O)n(-c3ccccc3F)c(=O)c3ccc(F)cc32)cc1. The molecule has 0 aliphatic carbocycles. The molecule has 0 aliphatic heterocycles. The van der Waals surface area contributed by atoms with Crippen LogP contribution in [0, 0.1) is 11.6 Å². The van der Waals surface area contributed by atoms with Crippen molar-refractivity contribution in [2.24, 2.45) is 0 Å². The van der Waals surface area contributed by atoms with Gasteiger partial charge < -0.3 is 0 Å². The van der Waals surface area contributed by atoms with Gasteiger partial charge in [-0.1, -0.05) is 43.3 Å². The largest absolute Gasteiger partial charge is 0.336 e. The summed E-state index contributed by atoms with van der Waals surface area (Å²) < 4.78 is 30.4. The Hall–Kier alpha value is -3.87. The Bertz CT molecular complexity index is 1420. The molecule has 0 fully saturated rings. The number of carbonyl (C=O) groups excluding carboxylic acids is 1. The van der Waals surface area contributed by atoms with Crippen LogP contribution in [0.2, 0.25) is 0 Å². The van der Waals surface area contributed by atoms with Crippen molar-refractivity contribution >= 4 is 16.7 Å². The first-order valence-corrected chi connectivity index (χ1v) is 9.73. The Morgan fingerprint density at radius 1 is 0.935 bits per heavy atom.